The van der Waals surface area contributed by atoms with E-state index in [-0.39, 0.29) is 0 Å². The Kier molecular flexibility index (Phi) is 6.91. The summed E-state index contributed by atoms with van der Waals surface area (Å²) < 4.78 is 31.6. The Bertz CT molecular complexity index is 624. The predicted octanol–water partition coefficient (Wildman–Crippen LogP) is 0.565. The Morgan fingerprint density at radius 3 is 2.62 bits per heavy atom. The van der Waals surface area contributed by atoms with E-state index in [0.29, 0.717) is 12.6 Å². The summed E-state index contributed by atoms with van der Waals surface area (Å²) in [6, 6.07) is 4.21. The molecule has 9 nitrogen and oxygen atoms in total. The van der Waals surface area contributed by atoms with Gasteiger partial charge in [-0.05, 0) is 38.1 Å². The van der Waals surface area contributed by atoms with Crippen molar-refractivity contribution in [3.8, 4) is 0 Å². The summed E-state index contributed by atoms with van der Waals surface area (Å²) in [6.07, 6.45) is 7.57. The Balaban J connectivity index is 0.000000368. The maximum atomic E-state index is 8.74. The number of amidine groups is 1. The molecule has 3 heterocycles. The molecule has 1 unspecified atom stereocenters. The maximum absolute atomic E-state index is 8.74. The first-order valence-electron chi connectivity index (χ1n) is 7.71. The van der Waals surface area contributed by atoms with Crippen LogP contribution in [0.5, 0.6) is 0 Å². The number of hydrogen-bond acceptors (Lipinski definition) is 7. The zero-order valence-electron chi connectivity index (χ0n) is 13.2. The molecule has 10 heteroatoms. The fraction of sp³-hybridized carbons (Fsp3) is 0.571. The molecule has 0 amide bonds. The molecular weight excluding hydrogens is 336 g/mol. The van der Waals surface area contributed by atoms with Gasteiger partial charge in [0.15, 0.2) is 5.84 Å². The summed E-state index contributed by atoms with van der Waals surface area (Å²) in [6.45, 7) is 4.08. The number of rotatable bonds is 3. The summed E-state index contributed by atoms with van der Waals surface area (Å²) in [4.78, 5) is 12.0. The molecule has 134 valence electrons. The molecule has 1 fully saturated rings. The van der Waals surface area contributed by atoms with E-state index in [4.69, 9.17) is 22.4 Å². The summed E-state index contributed by atoms with van der Waals surface area (Å²) in [5, 5.41) is 7.55. The van der Waals surface area contributed by atoms with Gasteiger partial charge in [-0.1, -0.05) is 11.6 Å². The summed E-state index contributed by atoms with van der Waals surface area (Å²) in [7, 11) is -4.67. The number of piperidine rings is 1. The van der Waals surface area contributed by atoms with E-state index in [2.05, 4.69) is 20.4 Å². The van der Waals surface area contributed by atoms with Gasteiger partial charge in [0.1, 0.15) is 6.61 Å². The SMILES string of the molecule is O=S(=O)(O)O.c1cncc(C2=NOCC(CN3CCCCC3)N2)c1. The Morgan fingerprint density at radius 2 is 2.00 bits per heavy atom. The smallest absolute Gasteiger partial charge is 0.392 e. The van der Waals surface area contributed by atoms with E-state index in [1.807, 2.05) is 12.1 Å². The molecule has 0 radical (unpaired) electrons. The van der Waals surface area contributed by atoms with E-state index >= 15 is 0 Å². The van der Waals surface area contributed by atoms with E-state index in [1.54, 1.807) is 12.4 Å². The lowest BCUT2D eigenvalue weighted by Crippen LogP contribution is -2.49. The Labute approximate surface area is 141 Å². The third-order valence-corrected chi connectivity index (χ3v) is 3.63. The Hall–Kier alpha value is -1.75. The fourth-order valence-corrected chi connectivity index (χ4v) is 2.64. The normalized spacial score (nSPS) is 21.6. The first-order chi connectivity index (χ1) is 11.4. The van der Waals surface area contributed by atoms with Crippen LogP contribution in [0.1, 0.15) is 24.8 Å². The topological polar surface area (TPSA) is 124 Å². The number of nitrogens with zero attached hydrogens (tertiary/aromatic N) is 3. The molecular formula is C14H22N4O5S. The van der Waals surface area contributed by atoms with Gasteiger partial charge in [0.05, 0.1) is 6.04 Å². The highest BCUT2D eigenvalue weighted by molar-refractivity contribution is 7.79. The molecule has 0 aromatic carbocycles. The molecule has 2 aliphatic heterocycles. The molecule has 3 N–H and O–H groups in total. The minimum absolute atomic E-state index is 0.311. The van der Waals surface area contributed by atoms with Crippen molar-refractivity contribution >= 4 is 16.2 Å². The third-order valence-electron chi connectivity index (χ3n) is 3.63. The number of hydrogen-bond donors (Lipinski definition) is 3. The van der Waals surface area contributed by atoms with Crippen LogP contribution in [-0.4, -0.2) is 65.5 Å². The van der Waals surface area contributed by atoms with Crippen LogP contribution < -0.4 is 5.32 Å². The van der Waals surface area contributed by atoms with Crippen molar-refractivity contribution in [3.05, 3.63) is 30.1 Å². The zero-order valence-corrected chi connectivity index (χ0v) is 14.0. The second-order valence-corrected chi connectivity index (χ2v) is 6.52. The van der Waals surface area contributed by atoms with Crippen molar-refractivity contribution in [1.82, 2.24) is 15.2 Å². The van der Waals surface area contributed by atoms with Crippen LogP contribution in [0.4, 0.5) is 0 Å². The van der Waals surface area contributed by atoms with Gasteiger partial charge in [-0.3, -0.25) is 14.1 Å². The van der Waals surface area contributed by atoms with Gasteiger partial charge < -0.3 is 15.1 Å². The zero-order chi connectivity index (χ0) is 17.4. The van der Waals surface area contributed by atoms with Crippen LogP contribution in [0.2, 0.25) is 0 Å². The minimum Gasteiger partial charge on any atom is -0.392 e. The minimum atomic E-state index is -4.67. The van der Waals surface area contributed by atoms with E-state index in [9.17, 15) is 0 Å². The van der Waals surface area contributed by atoms with Crippen LogP contribution in [0.15, 0.2) is 29.7 Å². The highest BCUT2D eigenvalue weighted by Gasteiger charge is 2.22. The van der Waals surface area contributed by atoms with Crippen LogP contribution in [-0.2, 0) is 15.2 Å². The third kappa shape index (κ3) is 7.21. The van der Waals surface area contributed by atoms with E-state index in [1.165, 1.54) is 32.4 Å². The average Bonchev–Trinajstić information content (AvgIpc) is 2.55. The van der Waals surface area contributed by atoms with Crippen molar-refractivity contribution in [2.75, 3.05) is 26.2 Å². The molecule has 1 saturated heterocycles. The monoisotopic (exact) mass is 358 g/mol. The van der Waals surface area contributed by atoms with Crippen molar-refractivity contribution in [2.24, 2.45) is 5.16 Å². The van der Waals surface area contributed by atoms with Gasteiger partial charge in [0, 0.05) is 24.5 Å². The molecule has 0 spiro atoms. The lowest BCUT2D eigenvalue weighted by atomic mass is 10.1. The maximum Gasteiger partial charge on any atom is 0.394 e. The van der Waals surface area contributed by atoms with Gasteiger partial charge in [0.2, 0.25) is 0 Å². The van der Waals surface area contributed by atoms with Crippen molar-refractivity contribution in [2.45, 2.75) is 25.3 Å². The quantitative estimate of drug-likeness (QED) is 0.670. The molecule has 0 aliphatic carbocycles. The Morgan fingerprint density at radius 1 is 1.29 bits per heavy atom. The molecule has 0 bridgehead atoms. The fourth-order valence-electron chi connectivity index (χ4n) is 2.64. The van der Waals surface area contributed by atoms with E-state index in [0.717, 1.165) is 17.9 Å². The number of likely N-dealkylation sites (tertiary alicyclic amines) is 1. The first kappa shape index (κ1) is 18.6. The van der Waals surface area contributed by atoms with Crippen LogP contribution in [0, 0.1) is 0 Å². The lowest BCUT2D eigenvalue weighted by Gasteiger charge is -2.32. The number of aromatic nitrogens is 1. The highest BCUT2D eigenvalue weighted by Crippen LogP contribution is 2.11. The van der Waals surface area contributed by atoms with Gasteiger partial charge in [0.25, 0.3) is 0 Å². The summed E-state index contributed by atoms with van der Waals surface area (Å²) in [5.74, 6) is 0.793. The van der Waals surface area contributed by atoms with Gasteiger partial charge in [-0.2, -0.15) is 8.42 Å². The van der Waals surface area contributed by atoms with Crippen molar-refractivity contribution < 1.29 is 22.4 Å². The second-order valence-electron chi connectivity index (χ2n) is 5.63. The van der Waals surface area contributed by atoms with Crippen LogP contribution >= 0.6 is 0 Å². The highest BCUT2D eigenvalue weighted by atomic mass is 32.3. The summed E-state index contributed by atoms with van der Waals surface area (Å²) >= 11 is 0. The van der Waals surface area contributed by atoms with E-state index < -0.39 is 10.4 Å². The predicted molar refractivity (Wildman–Crippen MR) is 88.1 cm³/mol. The largest absolute Gasteiger partial charge is 0.394 e. The van der Waals surface area contributed by atoms with Gasteiger partial charge >= 0.3 is 10.4 Å². The van der Waals surface area contributed by atoms with Gasteiger partial charge in [-0.25, -0.2) is 0 Å². The van der Waals surface area contributed by atoms with Crippen LogP contribution in [0.25, 0.3) is 0 Å². The number of nitrogens with one attached hydrogen (secondary N) is 1. The molecule has 1 aromatic rings. The average molecular weight is 358 g/mol. The molecule has 1 atom stereocenters. The lowest BCUT2D eigenvalue weighted by molar-refractivity contribution is 0.0888. The van der Waals surface area contributed by atoms with Crippen molar-refractivity contribution in [3.63, 3.8) is 0 Å². The second kappa shape index (κ2) is 8.92. The van der Waals surface area contributed by atoms with Gasteiger partial charge in [-0.15, -0.1) is 0 Å². The molecule has 0 saturated carbocycles. The number of pyridine rings is 1. The van der Waals surface area contributed by atoms with Crippen molar-refractivity contribution in [1.29, 1.82) is 0 Å². The molecule has 3 rings (SSSR count). The standard InChI is InChI=1S/C14H20N4O.H2O4S/c1-2-7-18(8-3-1)10-13-11-19-17-14(16-13)12-5-4-6-15-9-12;1-5(2,3)4/h4-6,9,13H,1-3,7-8,10-11H2,(H,16,17);(H2,1,2,3,4). The molecule has 1 aromatic heterocycles. The molecule has 24 heavy (non-hydrogen) atoms. The van der Waals surface area contributed by atoms with Crippen LogP contribution in [0.3, 0.4) is 0 Å². The summed E-state index contributed by atoms with van der Waals surface area (Å²) in [5.41, 5.74) is 0.978. The number of oxime groups is 1. The first-order valence-corrected chi connectivity index (χ1v) is 9.10. The molecule has 2 aliphatic rings.